The lowest BCUT2D eigenvalue weighted by Crippen LogP contribution is -2.42. The molecule has 0 spiro atoms. The summed E-state index contributed by atoms with van der Waals surface area (Å²) in [7, 11) is 1.45. The highest BCUT2D eigenvalue weighted by molar-refractivity contribution is 7.14. The van der Waals surface area contributed by atoms with Crippen LogP contribution in [0.3, 0.4) is 0 Å². The van der Waals surface area contributed by atoms with Crippen LogP contribution in [0, 0.1) is 18.8 Å². The number of carbonyl (C=O) groups excluding carboxylic acids is 2. The molecule has 3 aromatic rings. The first kappa shape index (κ1) is 23.8. The van der Waals surface area contributed by atoms with E-state index in [2.05, 4.69) is 17.9 Å². The number of esters is 1. The van der Waals surface area contributed by atoms with Crippen LogP contribution in [-0.2, 0) is 16.1 Å². The van der Waals surface area contributed by atoms with Gasteiger partial charge in [-0.25, -0.2) is 4.98 Å². The van der Waals surface area contributed by atoms with Crippen molar-refractivity contribution in [2.45, 2.75) is 26.9 Å². The van der Waals surface area contributed by atoms with E-state index in [-0.39, 0.29) is 24.4 Å². The number of thiazole rings is 1. The highest BCUT2D eigenvalue weighted by Crippen LogP contribution is 2.36. The van der Waals surface area contributed by atoms with Crippen molar-refractivity contribution in [3.63, 3.8) is 0 Å². The molecule has 1 fully saturated rings. The van der Waals surface area contributed by atoms with Gasteiger partial charge in [-0.05, 0) is 37.5 Å². The summed E-state index contributed by atoms with van der Waals surface area (Å²) in [6.45, 7) is 5.94. The number of methoxy groups -OCH3 is 1. The summed E-state index contributed by atoms with van der Waals surface area (Å²) < 4.78 is 11.1. The quantitative estimate of drug-likeness (QED) is 0.297. The van der Waals surface area contributed by atoms with Gasteiger partial charge in [0, 0.05) is 40.8 Å². The fourth-order valence-corrected chi connectivity index (χ4v) is 5.16. The molecule has 0 bridgehead atoms. The van der Waals surface area contributed by atoms with Crippen LogP contribution in [0.1, 0.15) is 34.8 Å². The summed E-state index contributed by atoms with van der Waals surface area (Å²) in [4.78, 5) is 30.1. The van der Waals surface area contributed by atoms with Gasteiger partial charge in [0.05, 0.1) is 18.7 Å². The number of ether oxygens (including phenoxy) is 2. The second-order valence-corrected chi connectivity index (χ2v) is 9.56. The van der Waals surface area contributed by atoms with Gasteiger partial charge in [0.1, 0.15) is 18.6 Å². The number of aryl methyl sites for hydroxylation is 1. The van der Waals surface area contributed by atoms with Gasteiger partial charge < -0.3 is 20.1 Å². The number of nitrogen functional groups attached to an aromatic ring is 1. The predicted octanol–water partition coefficient (Wildman–Crippen LogP) is 4.73. The predicted molar refractivity (Wildman–Crippen MR) is 134 cm³/mol. The number of aromatic nitrogens is 1. The van der Waals surface area contributed by atoms with Gasteiger partial charge in [-0.3, -0.25) is 9.59 Å². The Labute approximate surface area is 203 Å². The van der Waals surface area contributed by atoms with E-state index in [1.54, 1.807) is 23.5 Å². The van der Waals surface area contributed by atoms with E-state index in [1.807, 2.05) is 30.5 Å². The molecule has 178 valence electrons. The molecule has 1 aliphatic rings. The first-order valence-electron chi connectivity index (χ1n) is 11.2. The molecule has 34 heavy (non-hydrogen) atoms. The van der Waals surface area contributed by atoms with Crippen LogP contribution < -0.4 is 15.4 Å². The number of aldehydes is 1. The molecule has 0 unspecified atom stereocenters. The monoisotopic (exact) mass is 479 g/mol. The van der Waals surface area contributed by atoms with Crippen molar-refractivity contribution < 1.29 is 19.1 Å². The second kappa shape index (κ2) is 10.3. The summed E-state index contributed by atoms with van der Waals surface area (Å²) in [6.07, 6.45) is 1.53. The van der Waals surface area contributed by atoms with Gasteiger partial charge in [-0.2, -0.15) is 0 Å². The number of carbonyl (C=O) groups is 2. The molecule has 1 aliphatic heterocycles. The number of nitrogens with two attached hydrogens (primary N) is 1. The maximum atomic E-state index is 12.0. The van der Waals surface area contributed by atoms with E-state index >= 15 is 0 Å². The minimum absolute atomic E-state index is 0.0644. The third-order valence-corrected chi connectivity index (χ3v) is 7.17. The molecule has 0 amide bonds. The Hall–Kier alpha value is -3.39. The Morgan fingerprint density at radius 2 is 2.12 bits per heavy atom. The van der Waals surface area contributed by atoms with E-state index in [1.165, 1.54) is 7.11 Å². The summed E-state index contributed by atoms with van der Waals surface area (Å²) in [5.41, 5.74) is 10.9. The van der Waals surface area contributed by atoms with Crippen LogP contribution >= 0.6 is 11.3 Å². The Morgan fingerprint density at radius 3 is 2.82 bits per heavy atom. The maximum Gasteiger partial charge on any atom is 0.309 e. The molecule has 8 heteroatoms. The molecular weight excluding hydrogens is 450 g/mol. The highest BCUT2D eigenvalue weighted by atomic mass is 32.1. The number of hydrogen-bond donors (Lipinski definition) is 1. The van der Waals surface area contributed by atoms with E-state index in [0.717, 1.165) is 59.1 Å². The molecule has 0 aliphatic carbocycles. The molecular formula is C26H29N3O4S. The van der Waals surface area contributed by atoms with Gasteiger partial charge in [-0.1, -0.05) is 30.7 Å². The lowest BCUT2D eigenvalue weighted by Gasteiger charge is -2.35. The minimum atomic E-state index is -0.130. The first-order chi connectivity index (χ1) is 16.4. The van der Waals surface area contributed by atoms with Crippen LogP contribution in [0.5, 0.6) is 5.75 Å². The van der Waals surface area contributed by atoms with Gasteiger partial charge in [0.2, 0.25) is 0 Å². The molecule has 2 N–H and O–H groups in total. The number of rotatable bonds is 7. The van der Waals surface area contributed by atoms with Crippen LogP contribution in [0.4, 0.5) is 10.8 Å². The lowest BCUT2D eigenvalue weighted by atomic mass is 9.87. The molecule has 0 saturated carbocycles. The average molecular weight is 480 g/mol. The molecule has 0 radical (unpaired) electrons. The van der Waals surface area contributed by atoms with Crippen molar-refractivity contribution in [3.8, 4) is 17.0 Å². The zero-order chi connectivity index (χ0) is 24.2. The van der Waals surface area contributed by atoms with Crippen molar-refractivity contribution in [3.05, 3.63) is 58.5 Å². The smallest absolute Gasteiger partial charge is 0.309 e. The third kappa shape index (κ3) is 5.07. The number of piperidine rings is 1. The molecule has 1 aromatic heterocycles. The van der Waals surface area contributed by atoms with E-state index in [0.29, 0.717) is 11.3 Å². The van der Waals surface area contributed by atoms with E-state index in [4.69, 9.17) is 20.2 Å². The van der Waals surface area contributed by atoms with E-state index < -0.39 is 0 Å². The number of hydrogen-bond acceptors (Lipinski definition) is 8. The minimum Gasteiger partial charge on any atom is -0.488 e. The summed E-state index contributed by atoms with van der Waals surface area (Å²) in [6, 6.07) is 11.2. The zero-order valence-electron chi connectivity index (χ0n) is 19.6. The van der Waals surface area contributed by atoms with E-state index in [9.17, 15) is 9.59 Å². The van der Waals surface area contributed by atoms with Gasteiger partial charge in [-0.15, -0.1) is 11.3 Å². The highest BCUT2D eigenvalue weighted by Gasteiger charge is 2.33. The SMILES string of the molecule is COC(=O)[C@@H]1CCN(c2nc(-c3cc(C)ccc3OCc3ccc(C=O)cc3N)cs2)C[C@@H]1C. The Bertz CT molecular complexity index is 1190. The average Bonchev–Trinajstić information content (AvgIpc) is 3.33. The topological polar surface area (TPSA) is 94.7 Å². The number of benzene rings is 2. The summed E-state index contributed by atoms with van der Waals surface area (Å²) in [5.74, 6) is 0.724. The number of nitrogens with zero attached hydrogens (tertiary/aromatic N) is 2. The molecule has 2 aromatic carbocycles. The number of anilines is 2. The van der Waals surface area contributed by atoms with Crippen molar-refractivity contribution in [2.24, 2.45) is 11.8 Å². The molecule has 1 saturated heterocycles. The Kier molecular flexibility index (Phi) is 7.17. The summed E-state index contributed by atoms with van der Waals surface area (Å²) in [5, 5.41) is 2.98. The summed E-state index contributed by atoms with van der Waals surface area (Å²) >= 11 is 1.59. The van der Waals surface area contributed by atoms with Gasteiger partial charge >= 0.3 is 5.97 Å². The third-order valence-electron chi connectivity index (χ3n) is 6.27. The Morgan fingerprint density at radius 1 is 1.29 bits per heavy atom. The fraction of sp³-hybridized carbons (Fsp3) is 0.346. The van der Waals surface area contributed by atoms with Crippen molar-refractivity contribution in [2.75, 3.05) is 30.8 Å². The molecule has 2 atom stereocenters. The standard InChI is InChI=1S/C26H29N3O4S/c1-16-4-7-24(33-14-19-6-5-18(13-30)11-22(19)27)21(10-16)23-15-34-26(28-23)29-9-8-20(17(2)12-29)25(31)32-3/h4-7,10-11,13,15,17,20H,8-9,12,14,27H2,1-3H3/t17-,20+/m0/s1. The van der Waals surface area contributed by atoms with Crippen LogP contribution in [0.2, 0.25) is 0 Å². The van der Waals surface area contributed by atoms with Crippen molar-refractivity contribution in [1.82, 2.24) is 4.98 Å². The largest absolute Gasteiger partial charge is 0.488 e. The van der Waals surface area contributed by atoms with Gasteiger partial charge in [0.25, 0.3) is 0 Å². The van der Waals surface area contributed by atoms with Crippen LogP contribution in [0.25, 0.3) is 11.3 Å². The second-order valence-electron chi connectivity index (χ2n) is 8.72. The maximum absolute atomic E-state index is 12.0. The Balaban J connectivity index is 1.52. The molecule has 2 heterocycles. The van der Waals surface area contributed by atoms with Crippen LogP contribution in [-0.4, -0.2) is 37.4 Å². The lowest BCUT2D eigenvalue weighted by molar-refractivity contribution is -0.147. The van der Waals surface area contributed by atoms with Crippen molar-refractivity contribution >= 4 is 34.4 Å². The molecule has 4 rings (SSSR count). The van der Waals surface area contributed by atoms with Crippen LogP contribution in [0.15, 0.2) is 41.8 Å². The fourth-order valence-electron chi connectivity index (χ4n) is 4.30. The zero-order valence-corrected chi connectivity index (χ0v) is 20.4. The van der Waals surface area contributed by atoms with Gasteiger partial charge in [0.15, 0.2) is 5.13 Å². The first-order valence-corrected chi connectivity index (χ1v) is 12.1. The normalized spacial score (nSPS) is 17.9. The molecule has 7 nitrogen and oxygen atoms in total. The van der Waals surface area contributed by atoms with Crippen molar-refractivity contribution in [1.29, 1.82) is 0 Å².